The Morgan fingerprint density at radius 3 is 2.17 bits per heavy atom. The van der Waals surface area contributed by atoms with Gasteiger partial charge in [0.15, 0.2) is 0 Å². The molecule has 5 nitrogen and oxygen atoms in total. The lowest BCUT2D eigenvalue weighted by atomic mass is 9.95. The number of hydrogen-bond acceptors (Lipinski definition) is 3. The number of rotatable bonds is 10. The van der Waals surface area contributed by atoms with Gasteiger partial charge in [0.1, 0.15) is 0 Å². The van der Waals surface area contributed by atoms with Crippen molar-refractivity contribution in [3.05, 3.63) is 65.2 Å². The number of anilines is 1. The monoisotopic (exact) mass is 395 g/mol. The molecule has 2 aromatic carbocycles. The Hall–Kier alpha value is -2.66. The Kier molecular flexibility index (Phi) is 8.87. The van der Waals surface area contributed by atoms with Crippen molar-refractivity contribution >= 4 is 17.5 Å². The highest BCUT2D eigenvalue weighted by molar-refractivity contribution is 5.95. The predicted molar refractivity (Wildman–Crippen MR) is 119 cm³/mol. The van der Waals surface area contributed by atoms with E-state index in [4.69, 9.17) is 0 Å². The van der Waals surface area contributed by atoms with E-state index >= 15 is 0 Å². The molecule has 0 fully saturated rings. The fourth-order valence-corrected chi connectivity index (χ4v) is 3.29. The number of carbonyl (C=O) groups is 2. The molecule has 0 aliphatic heterocycles. The fourth-order valence-electron chi connectivity index (χ4n) is 3.29. The maximum Gasteiger partial charge on any atom is 0.243 e. The fraction of sp³-hybridized carbons (Fsp3) is 0.417. The van der Waals surface area contributed by atoms with Crippen LogP contribution in [0.1, 0.15) is 50.4 Å². The second-order valence-corrected chi connectivity index (χ2v) is 7.53. The van der Waals surface area contributed by atoms with E-state index in [0.29, 0.717) is 5.92 Å². The van der Waals surface area contributed by atoms with Crippen LogP contribution in [-0.2, 0) is 22.4 Å². The first kappa shape index (κ1) is 22.6. The summed E-state index contributed by atoms with van der Waals surface area (Å²) in [7, 11) is 0. The van der Waals surface area contributed by atoms with Gasteiger partial charge in [0.05, 0.1) is 13.1 Å². The normalized spacial score (nSPS) is 11.9. The van der Waals surface area contributed by atoms with E-state index in [9.17, 15) is 9.59 Å². The van der Waals surface area contributed by atoms with Gasteiger partial charge in [-0.15, -0.1) is 0 Å². The van der Waals surface area contributed by atoms with Crippen molar-refractivity contribution in [1.29, 1.82) is 0 Å². The van der Waals surface area contributed by atoms with Crippen LogP contribution in [-0.4, -0.2) is 24.9 Å². The van der Waals surface area contributed by atoms with Gasteiger partial charge in [-0.05, 0) is 41.5 Å². The van der Waals surface area contributed by atoms with Crippen molar-refractivity contribution in [3.8, 4) is 0 Å². The molecule has 2 rings (SSSR count). The van der Waals surface area contributed by atoms with Crippen LogP contribution in [0.2, 0.25) is 0 Å². The standard InChI is InChI=1S/C24H33N3O2/c1-5-18-11-13-20(14-12-18)24(17(3)4)26-15-22(28)25-16-23(29)27-21-10-8-7-9-19(21)6-2/h7-14,17,24,26H,5-6,15-16H2,1-4H3,(H,25,28)(H,27,29)/t24-/m0/s1. The summed E-state index contributed by atoms with van der Waals surface area (Å²) in [5.41, 5.74) is 4.33. The van der Waals surface area contributed by atoms with E-state index in [1.807, 2.05) is 31.2 Å². The number of aryl methyl sites for hydroxylation is 2. The zero-order chi connectivity index (χ0) is 21.2. The molecular formula is C24H33N3O2. The molecule has 5 heteroatoms. The number of carbonyl (C=O) groups excluding carboxylic acids is 2. The van der Waals surface area contributed by atoms with E-state index in [1.54, 1.807) is 0 Å². The van der Waals surface area contributed by atoms with Gasteiger partial charge in [0.25, 0.3) is 0 Å². The van der Waals surface area contributed by atoms with Gasteiger partial charge in [-0.25, -0.2) is 0 Å². The second-order valence-electron chi connectivity index (χ2n) is 7.53. The van der Waals surface area contributed by atoms with Gasteiger partial charge in [-0.2, -0.15) is 0 Å². The predicted octanol–water partition coefficient (Wildman–Crippen LogP) is 3.85. The number of benzene rings is 2. The lowest BCUT2D eigenvalue weighted by Gasteiger charge is -2.23. The molecular weight excluding hydrogens is 362 g/mol. The number of amides is 2. The van der Waals surface area contributed by atoms with Crippen LogP contribution in [0.25, 0.3) is 0 Å². The van der Waals surface area contributed by atoms with Crippen LogP contribution in [0.4, 0.5) is 5.69 Å². The Balaban J connectivity index is 1.83. The SMILES string of the molecule is CCc1ccc([C@@H](NCC(=O)NCC(=O)Nc2ccccc2CC)C(C)C)cc1. The third kappa shape index (κ3) is 7.02. The first-order valence-electron chi connectivity index (χ1n) is 10.4. The van der Waals surface area contributed by atoms with Crippen LogP contribution in [0, 0.1) is 5.92 Å². The summed E-state index contributed by atoms with van der Waals surface area (Å²) < 4.78 is 0. The largest absolute Gasteiger partial charge is 0.346 e. The molecule has 0 aromatic heterocycles. The Bertz CT molecular complexity index is 800. The summed E-state index contributed by atoms with van der Waals surface area (Å²) in [6.07, 6.45) is 1.84. The summed E-state index contributed by atoms with van der Waals surface area (Å²) in [5.74, 6) is -0.0845. The molecule has 1 atom stereocenters. The molecule has 0 saturated carbocycles. The van der Waals surface area contributed by atoms with Gasteiger partial charge in [0.2, 0.25) is 11.8 Å². The first-order valence-corrected chi connectivity index (χ1v) is 10.4. The highest BCUT2D eigenvalue weighted by atomic mass is 16.2. The molecule has 0 heterocycles. The average molecular weight is 396 g/mol. The minimum absolute atomic E-state index is 0.0455. The summed E-state index contributed by atoms with van der Waals surface area (Å²) >= 11 is 0. The molecule has 0 spiro atoms. The topological polar surface area (TPSA) is 70.2 Å². The summed E-state index contributed by atoms with van der Waals surface area (Å²) in [6.45, 7) is 8.55. The zero-order valence-corrected chi connectivity index (χ0v) is 17.9. The van der Waals surface area contributed by atoms with Gasteiger partial charge >= 0.3 is 0 Å². The van der Waals surface area contributed by atoms with Crippen molar-refractivity contribution in [2.75, 3.05) is 18.4 Å². The molecule has 0 saturated heterocycles. The van der Waals surface area contributed by atoms with Crippen molar-refractivity contribution in [2.24, 2.45) is 5.92 Å². The summed E-state index contributed by atoms with van der Waals surface area (Å²) in [4.78, 5) is 24.4. The lowest BCUT2D eigenvalue weighted by Crippen LogP contribution is -2.40. The van der Waals surface area contributed by atoms with Gasteiger partial charge in [-0.1, -0.05) is 70.2 Å². The van der Waals surface area contributed by atoms with Crippen LogP contribution < -0.4 is 16.0 Å². The van der Waals surface area contributed by atoms with Crippen LogP contribution >= 0.6 is 0 Å². The molecule has 0 radical (unpaired) electrons. The minimum atomic E-state index is -0.227. The van der Waals surface area contributed by atoms with E-state index in [-0.39, 0.29) is 30.9 Å². The number of para-hydroxylation sites is 1. The number of nitrogens with one attached hydrogen (secondary N) is 3. The minimum Gasteiger partial charge on any atom is -0.346 e. The van der Waals surface area contributed by atoms with Crippen molar-refractivity contribution < 1.29 is 9.59 Å². The molecule has 0 aliphatic rings. The maximum atomic E-state index is 12.2. The molecule has 2 amide bonds. The molecule has 156 valence electrons. The maximum absolute atomic E-state index is 12.2. The van der Waals surface area contributed by atoms with E-state index in [2.05, 4.69) is 61.0 Å². The molecule has 3 N–H and O–H groups in total. The van der Waals surface area contributed by atoms with E-state index in [0.717, 1.165) is 24.1 Å². The lowest BCUT2D eigenvalue weighted by molar-refractivity contribution is -0.123. The highest BCUT2D eigenvalue weighted by Gasteiger charge is 2.17. The second kappa shape index (κ2) is 11.4. The molecule has 0 aliphatic carbocycles. The van der Waals surface area contributed by atoms with Crippen LogP contribution in [0.3, 0.4) is 0 Å². The molecule has 2 aromatic rings. The quantitative estimate of drug-likeness (QED) is 0.572. The number of hydrogen-bond donors (Lipinski definition) is 3. The van der Waals surface area contributed by atoms with Crippen molar-refractivity contribution in [2.45, 2.75) is 46.6 Å². The Morgan fingerprint density at radius 1 is 0.862 bits per heavy atom. The third-order valence-corrected chi connectivity index (χ3v) is 5.01. The summed E-state index contributed by atoms with van der Waals surface area (Å²) in [6, 6.07) is 16.3. The van der Waals surface area contributed by atoms with Gasteiger partial charge in [-0.3, -0.25) is 9.59 Å². The van der Waals surface area contributed by atoms with E-state index in [1.165, 1.54) is 11.1 Å². The summed E-state index contributed by atoms with van der Waals surface area (Å²) in [5, 5.41) is 8.87. The smallest absolute Gasteiger partial charge is 0.243 e. The third-order valence-electron chi connectivity index (χ3n) is 5.01. The van der Waals surface area contributed by atoms with Crippen LogP contribution in [0.5, 0.6) is 0 Å². The van der Waals surface area contributed by atoms with Gasteiger partial charge < -0.3 is 16.0 Å². The molecule has 0 bridgehead atoms. The van der Waals surface area contributed by atoms with Gasteiger partial charge in [0, 0.05) is 11.7 Å². The van der Waals surface area contributed by atoms with Crippen LogP contribution in [0.15, 0.2) is 48.5 Å². The Morgan fingerprint density at radius 2 is 1.55 bits per heavy atom. The Labute approximate surface area is 174 Å². The molecule has 29 heavy (non-hydrogen) atoms. The zero-order valence-electron chi connectivity index (χ0n) is 17.9. The van der Waals surface area contributed by atoms with E-state index < -0.39 is 0 Å². The van der Waals surface area contributed by atoms with Crippen molar-refractivity contribution in [1.82, 2.24) is 10.6 Å². The molecule has 0 unspecified atom stereocenters. The highest BCUT2D eigenvalue weighted by Crippen LogP contribution is 2.22. The first-order chi connectivity index (χ1) is 13.9. The van der Waals surface area contributed by atoms with Crippen molar-refractivity contribution in [3.63, 3.8) is 0 Å². The average Bonchev–Trinajstić information content (AvgIpc) is 2.73.